The number of likely N-dealkylation sites (tertiary alicyclic amines) is 1. The molecule has 2 fully saturated rings. The van der Waals surface area contributed by atoms with Crippen LogP contribution in [0.3, 0.4) is 0 Å². The number of rotatable bonds is 3. The SMILES string of the molecule is Cc1ccc(C(=O)OCC(=O)N2C[C@]3(C)C[C@H]2CC(C)(C)C3)cc1. The average Bonchev–Trinajstić information content (AvgIpc) is 2.74. The third kappa shape index (κ3) is 3.47. The number of hydrogen-bond acceptors (Lipinski definition) is 3. The summed E-state index contributed by atoms with van der Waals surface area (Å²) in [5, 5.41) is 0. The monoisotopic (exact) mass is 329 g/mol. The average molecular weight is 329 g/mol. The molecule has 0 radical (unpaired) electrons. The highest BCUT2D eigenvalue weighted by atomic mass is 16.5. The summed E-state index contributed by atoms with van der Waals surface area (Å²) < 4.78 is 5.25. The molecular formula is C20H27NO3. The zero-order valence-electron chi connectivity index (χ0n) is 15.1. The van der Waals surface area contributed by atoms with Crippen molar-refractivity contribution < 1.29 is 14.3 Å². The van der Waals surface area contributed by atoms with Gasteiger partial charge in [-0.1, -0.05) is 38.5 Å². The van der Waals surface area contributed by atoms with Gasteiger partial charge in [0.2, 0.25) is 0 Å². The first kappa shape index (κ1) is 17.0. The Morgan fingerprint density at radius 2 is 1.83 bits per heavy atom. The summed E-state index contributed by atoms with van der Waals surface area (Å²) in [5.41, 5.74) is 2.04. The Kier molecular flexibility index (Phi) is 4.18. The fraction of sp³-hybridized carbons (Fsp3) is 0.600. The van der Waals surface area contributed by atoms with Crippen molar-refractivity contribution in [2.75, 3.05) is 13.2 Å². The molecular weight excluding hydrogens is 302 g/mol. The summed E-state index contributed by atoms with van der Waals surface area (Å²) in [7, 11) is 0. The Balaban J connectivity index is 1.60. The van der Waals surface area contributed by atoms with Gasteiger partial charge < -0.3 is 9.64 Å². The summed E-state index contributed by atoms with van der Waals surface area (Å²) in [6.07, 6.45) is 3.23. The smallest absolute Gasteiger partial charge is 0.338 e. The molecule has 1 aromatic rings. The van der Waals surface area contributed by atoms with E-state index in [1.165, 1.54) is 0 Å². The molecule has 2 aliphatic rings. The van der Waals surface area contributed by atoms with Crippen LogP contribution in [0.1, 0.15) is 56.0 Å². The van der Waals surface area contributed by atoms with E-state index in [-0.39, 0.29) is 29.4 Å². The Morgan fingerprint density at radius 3 is 2.50 bits per heavy atom. The lowest BCUT2D eigenvalue weighted by atomic mass is 9.65. The number of carbonyl (C=O) groups excluding carboxylic acids is 2. The van der Waals surface area contributed by atoms with Gasteiger partial charge >= 0.3 is 5.97 Å². The number of esters is 1. The van der Waals surface area contributed by atoms with E-state index in [0.717, 1.165) is 31.4 Å². The van der Waals surface area contributed by atoms with E-state index in [4.69, 9.17) is 4.74 Å². The van der Waals surface area contributed by atoms with Gasteiger partial charge in [0.15, 0.2) is 6.61 Å². The standard InChI is InChI=1S/C20H27NO3/c1-14-5-7-15(8-6-14)18(23)24-11-17(22)21-13-20(4)10-16(21)9-19(2,3)12-20/h5-8,16H,9-13H2,1-4H3/t16-,20-/m1/s1. The number of benzene rings is 1. The second-order valence-corrected chi connectivity index (χ2v) is 8.68. The fourth-order valence-electron chi connectivity index (χ4n) is 4.73. The Bertz CT molecular complexity index is 649. The van der Waals surface area contributed by atoms with Crippen molar-refractivity contribution in [3.63, 3.8) is 0 Å². The summed E-state index contributed by atoms with van der Waals surface area (Å²) in [6, 6.07) is 7.48. The van der Waals surface area contributed by atoms with E-state index < -0.39 is 5.97 Å². The molecule has 2 bridgehead atoms. The molecule has 2 atom stereocenters. The van der Waals surface area contributed by atoms with Gasteiger partial charge in [0, 0.05) is 12.6 Å². The molecule has 1 heterocycles. The van der Waals surface area contributed by atoms with E-state index in [1.807, 2.05) is 24.0 Å². The highest BCUT2D eigenvalue weighted by molar-refractivity contribution is 5.91. The van der Waals surface area contributed by atoms with Gasteiger partial charge in [0.1, 0.15) is 0 Å². The summed E-state index contributed by atoms with van der Waals surface area (Å²) in [6.45, 7) is 9.41. The van der Waals surface area contributed by atoms with Crippen LogP contribution in [-0.4, -0.2) is 36.0 Å². The van der Waals surface area contributed by atoms with Gasteiger partial charge in [0.05, 0.1) is 5.56 Å². The second-order valence-electron chi connectivity index (χ2n) is 8.68. The second kappa shape index (κ2) is 5.91. The molecule has 1 saturated heterocycles. The van der Waals surface area contributed by atoms with Crippen LogP contribution in [0.4, 0.5) is 0 Å². The molecule has 1 amide bonds. The van der Waals surface area contributed by atoms with Crippen LogP contribution < -0.4 is 0 Å². The molecule has 3 rings (SSSR count). The van der Waals surface area contributed by atoms with E-state index in [9.17, 15) is 9.59 Å². The van der Waals surface area contributed by atoms with Crippen molar-refractivity contribution in [2.24, 2.45) is 10.8 Å². The molecule has 1 saturated carbocycles. The maximum absolute atomic E-state index is 12.6. The molecule has 0 unspecified atom stereocenters. The van der Waals surface area contributed by atoms with Crippen LogP contribution in [-0.2, 0) is 9.53 Å². The Labute approximate surface area is 144 Å². The van der Waals surface area contributed by atoms with Crippen molar-refractivity contribution in [3.05, 3.63) is 35.4 Å². The molecule has 0 N–H and O–H groups in total. The van der Waals surface area contributed by atoms with Crippen LogP contribution in [0.25, 0.3) is 0 Å². The number of ether oxygens (including phenoxy) is 1. The van der Waals surface area contributed by atoms with Gasteiger partial charge in [0.25, 0.3) is 5.91 Å². The van der Waals surface area contributed by atoms with Crippen LogP contribution in [0.5, 0.6) is 0 Å². The molecule has 4 heteroatoms. The van der Waals surface area contributed by atoms with Gasteiger partial charge in [-0.05, 0) is 49.1 Å². The minimum Gasteiger partial charge on any atom is -0.452 e. The number of fused-ring (bicyclic) bond motifs is 2. The quantitative estimate of drug-likeness (QED) is 0.796. The first-order chi connectivity index (χ1) is 11.2. The molecule has 130 valence electrons. The van der Waals surface area contributed by atoms with Crippen molar-refractivity contribution in [2.45, 2.75) is 53.0 Å². The van der Waals surface area contributed by atoms with Gasteiger partial charge in [-0.25, -0.2) is 4.79 Å². The summed E-state index contributed by atoms with van der Waals surface area (Å²) >= 11 is 0. The van der Waals surface area contributed by atoms with Gasteiger partial charge in [-0.15, -0.1) is 0 Å². The molecule has 1 aliphatic carbocycles. The van der Waals surface area contributed by atoms with Gasteiger partial charge in [-0.2, -0.15) is 0 Å². The maximum atomic E-state index is 12.6. The minimum absolute atomic E-state index is 0.0677. The lowest BCUT2D eigenvalue weighted by Gasteiger charge is -2.39. The number of carbonyl (C=O) groups is 2. The van der Waals surface area contributed by atoms with Crippen LogP contribution in [0.15, 0.2) is 24.3 Å². The highest BCUT2D eigenvalue weighted by Crippen LogP contribution is 2.52. The lowest BCUT2D eigenvalue weighted by Crippen LogP contribution is -2.39. The predicted molar refractivity (Wildman–Crippen MR) is 92.7 cm³/mol. The van der Waals surface area contributed by atoms with Gasteiger partial charge in [-0.3, -0.25) is 4.79 Å². The molecule has 1 aromatic carbocycles. The first-order valence-corrected chi connectivity index (χ1v) is 8.71. The topological polar surface area (TPSA) is 46.6 Å². The van der Waals surface area contributed by atoms with Crippen LogP contribution in [0.2, 0.25) is 0 Å². The first-order valence-electron chi connectivity index (χ1n) is 8.71. The summed E-state index contributed by atoms with van der Waals surface area (Å²) in [5.74, 6) is -0.501. The van der Waals surface area contributed by atoms with Crippen molar-refractivity contribution >= 4 is 11.9 Å². The molecule has 0 aromatic heterocycles. The Hall–Kier alpha value is -1.84. The number of hydrogen-bond donors (Lipinski definition) is 0. The van der Waals surface area contributed by atoms with E-state index in [0.29, 0.717) is 5.56 Å². The fourth-order valence-corrected chi connectivity index (χ4v) is 4.73. The number of aryl methyl sites for hydroxylation is 1. The molecule has 24 heavy (non-hydrogen) atoms. The zero-order chi connectivity index (χ0) is 17.5. The zero-order valence-corrected chi connectivity index (χ0v) is 15.1. The normalized spacial score (nSPS) is 27.8. The predicted octanol–water partition coefficient (Wildman–Crippen LogP) is 3.58. The number of amides is 1. The molecule has 1 aliphatic heterocycles. The van der Waals surface area contributed by atoms with Crippen LogP contribution in [0, 0.1) is 17.8 Å². The van der Waals surface area contributed by atoms with E-state index in [1.54, 1.807) is 12.1 Å². The van der Waals surface area contributed by atoms with E-state index >= 15 is 0 Å². The third-order valence-corrected chi connectivity index (χ3v) is 5.35. The minimum atomic E-state index is -0.433. The Morgan fingerprint density at radius 1 is 1.17 bits per heavy atom. The van der Waals surface area contributed by atoms with Crippen LogP contribution >= 0.6 is 0 Å². The number of nitrogens with zero attached hydrogens (tertiary/aromatic N) is 1. The third-order valence-electron chi connectivity index (χ3n) is 5.35. The van der Waals surface area contributed by atoms with E-state index in [2.05, 4.69) is 20.8 Å². The van der Waals surface area contributed by atoms with Crippen molar-refractivity contribution in [1.29, 1.82) is 0 Å². The maximum Gasteiger partial charge on any atom is 0.338 e. The molecule has 0 spiro atoms. The lowest BCUT2D eigenvalue weighted by molar-refractivity contribution is -0.135. The van der Waals surface area contributed by atoms with Crippen molar-refractivity contribution in [3.8, 4) is 0 Å². The molecule has 4 nitrogen and oxygen atoms in total. The van der Waals surface area contributed by atoms with Crippen molar-refractivity contribution in [1.82, 2.24) is 4.90 Å². The largest absolute Gasteiger partial charge is 0.452 e. The summed E-state index contributed by atoms with van der Waals surface area (Å²) in [4.78, 5) is 26.6. The highest BCUT2D eigenvalue weighted by Gasteiger charge is 2.50.